The molecule has 4 aromatic rings. The Bertz CT molecular complexity index is 1080. The minimum atomic E-state index is -0.950. The molecule has 1 N–H and O–H groups in total. The second-order valence-corrected chi connectivity index (χ2v) is 5.58. The van der Waals surface area contributed by atoms with Crippen LogP contribution in [-0.4, -0.2) is 22.6 Å². The molecule has 0 amide bonds. The Labute approximate surface area is 138 Å². The van der Waals surface area contributed by atoms with Crippen molar-refractivity contribution < 1.29 is 14.6 Å². The molecule has 24 heavy (non-hydrogen) atoms. The Morgan fingerprint density at radius 3 is 2.62 bits per heavy atom. The Balaban J connectivity index is 2.17. The Morgan fingerprint density at radius 1 is 1.04 bits per heavy atom. The average Bonchev–Trinajstić information content (AvgIpc) is 2.99. The highest BCUT2D eigenvalue weighted by molar-refractivity contribution is 6.09. The third-order valence-electron chi connectivity index (χ3n) is 4.28. The van der Waals surface area contributed by atoms with Crippen LogP contribution >= 0.6 is 0 Å². The summed E-state index contributed by atoms with van der Waals surface area (Å²) in [6.45, 7) is 0. The van der Waals surface area contributed by atoms with Crippen molar-refractivity contribution in [3.05, 3.63) is 72.6 Å². The van der Waals surface area contributed by atoms with Gasteiger partial charge < -0.3 is 14.2 Å². The first-order valence-electron chi connectivity index (χ1n) is 7.60. The average molecular weight is 317 g/mol. The van der Waals surface area contributed by atoms with Crippen molar-refractivity contribution in [1.29, 1.82) is 0 Å². The maximum absolute atomic E-state index is 12.0. The molecule has 0 aliphatic carbocycles. The first-order valence-corrected chi connectivity index (χ1v) is 7.60. The quantitative estimate of drug-likeness (QED) is 0.606. The van der Waals surface area contributed by atoms with Crippen molar-refractivity contribution in [3.8, 4) is 16.9 Å². The maximum atomic E-state index is 12.0. The van der Waals surface area contributed by atoms with Crippen LogP contribution in [0, 0.1) is 0 Å². The van der Waals surface area contributed by atoms with E-state index in [9.17, 15) is 9.90 Å². The molecule has 4 heteroatoms. The Morgan fingerprint density at radius 2 is 1.83 bits per heavy atom. The van der Waals surface area contributed by atoms with Crippen molar-refractivity contribution in [2.24, 2.45) is 0 Å². The monoisotopic (exact) mass is 317 g/mol. The second-order valence-electron chi connectivity index (χ2n) is 5.58. The zero-order chi connectivity index (χ0) is 16.7. The molecule has 0 unspecified atom stereocenters. The summed E-state index contributed by atoms with van der Waals surface area (Å²) in [6.07, 6.45) is 3.70. The molecule has 0 saturated carbocycles. The van der Waals surface area contributed by atoms with Crippen LogP contribution < -0.4 is 4.74 Å². The fourth-order valence-electron chi connectivity index (χ4n) is 3.24. The standard InChI is InChI=1S/C20H15NO3/c1-24-17-10-9-13-6-2-3-7-14(13)18(17)15-12-21-11-5-4-8-16(21)19(15)20(22)23/h2-12H,1H3,(H,22,23). The van der Waals surface area contributed by atoms with Gasteiger partial charge in [0.1, 0.15) is 5.75 Å². The highest BCUT2D eigenvalue weighted by Crippen LogP contribution is 2.40. The van der Waals surface area contributed by atoms with Gasteiger partial charge in [-0.1, -0.05) is 36.4 Å². The van der Waals surface area contributed by atoms with Gasteiger partial charge in [0.25, 0.3) is 0 Å². The molecule has 118 valence electrons. The highest BCUT2D eigenvalue weighted by Gasteiger charge is 2.22. The summed E-state index contributed by atoms with van der Waals surface area (Å²) in [5.74, 6) is -0.291. The van der Waals surface area contributed by atoms with Gasteiger partial charge in [0.05, 0.1) is 18.2 Å². The summed E-state index contributed by atoms with van der Waals surface area (Å²) < 4.78 is 7.37. The molecule has 2 aromatic heterocycles. The minimum Gasteiger partial charge on any atom is -0.496 e. The van der Waals surface area contributed by atoms with Crippen LogP contribution in [-0.2, 0) is 0 Å². The summed E-state index contributed by atoms with van der Waals surface area (Å²) in [5, 5.41) is 11.8. The van der Waals surface area contributed by atoms with Gasteiger partial charge in [-0.05, 0) is 29.0 Å². The number of benzene rings is 2. The van der Waals surface area contributed by atoms with Crippen LogP contribution in [0.3, 0.4) is 0 Å². The molecule has 0 spiro atoms. The smallest absolute Gasteiger partial charge is 0.338 e. The topological polar surface area (TPSA) is 50.9 Å². The van der Waals surface area contributed by atoms with Crippen LogP contribution in [0.25, 0.3) is 27.4 Å². The van der Waals surface area contributed by atoms with Gasteiger partial charge >= 0.3 is 5.97 Å². The molecule has 2 heterocycles. The SMILES string of the molecule is COc1ccc2ccccc2c1-c1cn2ccccc2c1C(=O)O. The number of pyridine rings is 1. The number of carboxylic acid groups (broad SMARTS) is 1. The number of ether oxygens (including phenoxy) is 1. The molecule has 4 nitrogen and oxygen atoms in total. The molecule has 0 fully saturated rings. The van der Waals surface area contributed by atoms with Gasteiger partial charge in [-0.25, -0.2) is 4.79 Å². The number of hydrogen-bond acceptors (Lipinski definition) is 2. The fourth-order valence-corrected chi connectivity index (χ4v) is 3.24. The van der Waals surface area contributed by atoms with Crippen molar-refractivity contribution in [1.82, 2.24) is 4.40 Å². The molecule has 0 aliphatic rings. The molecule has 2 aromatic carbocycles. The lowest BCUT2D eigenvalue weighted by atomic mass is 9.96. The number of carbonyl (C=O) groups is 1. The number of rotatable bonds is 3. The van der Waals surface area contributed by atoms with E-state index in [-0.39, 0.29) is 5.56 Å². The van der Waals surface area contributed by atoms with Crippen molar-refractivity contribution >= 4 is 22.3 Å². The summed E-state index contributed by atoms with van der Waals surface area (Å²) in [6, 6.07) is 17.3. The predicted molar refractivity (Wildman–Crippen MR) is 93.9 cm³/mol. The van der Waals surface area contributed by atoms with Crippen molar-refractivity contribution in [2.75, 3.05) is 7.11 Å². The zero-order valence-electron chi connectivity index (χ0n) is 13.1. The minimum absolute atomic E-state index is 0.283. The van der Waals surface area contributed by atoms with Gasteiger partial charge in [-0.2, -0.15) is 0 Å². The number of nitrogens with zero attached hydrogens (tertiary/aromatic N) is 1. The van der Waals surface area contributed by atoms with Crippen LogP contribution in [0.2, 0.25) is 0 Å². The van der Waals surface area contributed by atoms with E-state index in [1.165, 1.54) is 0 Å². The van der Waals surface area contributed by atoms with E-state index in [2.05, 4.69) is 0 Å². The number of hydrogen-bond donors (Lipinski definition) is 1. The number of fused-ring (bicyclic) bond motifs is 2. The van der Waals surface area contributed by atoms with E-state index in [0.717, 1.165) is 16.3 Å². The van der Waals surface area contributed by atoms with Crippen LogP contribution in [0.1, 0.15) is 10.4 Å². The summed E-state index contributed by atoms with van der Waals surface area (Å²) >= 11 is 0. The molecule has 0 atom stereocenters. The Kier molecular flexibility index (Phi) is 3.24. The van der Waals surface area contributed by atoms with Gasteiger partial charge in [0, 0.05) is 23.5 Å². The molecule has 0 bridgehead atoms. The lowest BCUT2D eigenvalue weighted by Gasteiger charge is -2.12. The number of carboxylic acids is 1. The predicted octanol–water partition coefficient (Wildman–Crippen LogP) is 4.47. The van der Waals surface area contributed by atoms with E-state index in [0.29, 0.717) is 16.8 Å². The lowest BCUT2D eigenvalue weighted by Crippen LogP contribution is -1.99. The Hall–Kier alpha value is -3.27. The normalized spacial score (nSPS) is 11.0. The van der Waals surface area contributed by atoms with E-state index >= 15 is 0 Å². The number of methoxy groups -OCH3 is 1. The van der Waals surface area contributed by atoms with Gasteiger partial charge in [0.15, 0.2) is 0 Å². The van der Waals surface area contributed by atoms with Gasteiger partial charge in [0.2, 0.25) is 0 Å². The molecular formula is C20H15NO3. The molecule has 0 aliphatic heterocycles. The molecular weight excluding hydrogens is 302 g/mol. The van der Waals surface area contributed by atoms with E-state index in [4.69, 9.17) is 4.74 Å². The first kappa shape index (κ1) is 14.3. The van der Waals surface area contributed by atoms with E-state index in [1.807, 2.05) is 71.4 Å². The second kappa shape index (κ2) is 5.42. The largest absolute Gasteiger partial charge is 0.496 e. The number of aromatic nitrogens is 1. The van der Waals surface area contributed by atoms with Gasteiger partial charge in [-0.3, -0.25) is 0 Å². The van der Waals surface area contributed by atoms with Crippen molar-refractivity contribution in [3.63, 3.8) is 0 Å². The van der Waals surface area contributed by atoms with Gasteiger partial charge in [-0.15, -0.1) is 0 Å². The van der Waals surface area contributed by atoms with E-state index in [1.54, 1.807) is 7.11 Å². The van der Waals surface area contributed by atoms with Crippen molar-refractivity contribution in [2.45, 2.75) is 0 Å². The third-order valence-corrected chi connectivity index (χ3v) is 4.28. The summed E-state index contributed by atoms with van der Waals surface area (Å²) in [5.41, 5.74) is 2.40. The summed E-state index contributed by atoms with van der Waals surface area (Å²) in [4.78, 5) is 12.0. The molecule has 4 rings (SSSR count). The van der Waals surface area contributed by atoms with Crippen LogP contribution in [0.15, 0.2) is 67.0 Å². The number of aromatic carboxylic acids is 1. The lowest BCUT2D eigenvalue weighted by molar-refractivity contribution is 0.0700. The molecule has 0 radical (unpaired) electrons. The summed E-state index contributed by atoms with van der Waals surface area (Å²) in [7, 11) is 1.60. The van der Waals surface area contributed by atoms with Crippen LogP contribution in [0.5, 0.6) is 5.75 Å². The maximum Gasteiger partial charge on any atom is 0.338 e. The van der Waals surface area contributed by atoms with E-state index < -0.39 is 5.97 Å². The molecule has 0 saturated heterocycles. The fraction of sp³-hybridized carbons (Fsp3) is 0.0500. The van der Waals surface area contributed by atoms with Crippen LogP contribution in [0.4, 0.5) is 0 Å². The third kappa shape index (κ3) is 2.04. The first-order chi connectivity index (χ1) is 11.7. The highest BCUT2D eigenvalue weighted by atomic mass is 16.5. The zero-order valence-corrected chi connectivity index (χ0v) is 13.1.